The van der Waals surface area contributed by atoms with Crippen molar-refractivity contribution in [1.82, 2.24) is 4.90 Å². The van der Waals surface area contributed by atoms with Gasteiger partial charge in [0.1, 0.15) is 0 Å². The third-order valence-corrected chi connectivity index (χ3v) is 4.05. The summed E-state index contributed by atoms with van der Waals surface area (Å²) in [5.41, 5.74) is 2.37. The third kappa shape index (κ3) is 3.53. The minimum Gasteiger partial charge on any atom is -0.450 e. The molecule has 1 aliphatic rings. The summed E-state index contributed by atoms with van der Waals surface area (Å²) in [5, 5.41) is 0. The van der Waals surface area contributed by atoms with Crippen molar-refractivity contribution in [3.05, 3.63) is 35.4 Å². The average Bonchev–Trinajstić information content (AvgIpc) is 2.61. The smallest absolute Gasteiger partial charge is 0.410 e. The van der Waals surface area contributed by atoms with Crippen LogP contribution in [0, 0.1) is 0 Å². The van der Waals surface area contributed by atoms with Gasteiger partial charge in [0.15, 0.2) is 0 Å². The van der Waals surface area contributed by atoms with Crippen LogP contribution in [0.2, 0.25) is 0 Å². The van der Waals surface area contributed by atoms with Gasteiger partial charge >= 0.3 is 6.09 Å². The number of benzene rings is 1. The Bertz CT molecular complexity index is 485. The summed E-state index contributed by atoms with van der Waals surface area (Å²) < 4.78 is 5.09. The Morgan fingerprint density at radius 2 is 2.37 bits per heavy atom. The summed E-state index contributed by atoms with van der Waals surface area (Å²) in [4.78, 5) is 14.9. The predicted octanol–water partition coefficient (Wildman–Crippen LogP) is 3.78. The molecule has 4 heteroatoms. The molecule has 0 bridgehead atoms. The molecule has 102 valence electrons. The normalized spacial score (nSPS) is 15.2. The molecule has 0 aliphatic carbocycles. The molecule has 0 N–H and O–H groups in total. The lowest BCUT2D eigenvalue weighted by molar-refractivity contribution is 0.107. The molecular weight excluding hydrogens is 258 g/mol. The minimum atomic E-state index is -0.215. The molecule has 1 aliphatic heterocycles. The van der Waals surface area contributed by atoms with Gasteiger partial charge in [-0.3, -0.25) is 0 Å². The number of carbonyl (C=O) groups is 1. The van der Waals surface area contributed by atoms with Gasteiger partial charge in [-0.25, -0.2) is 4.79 Å². The van der Waals surface area contributed by atoms with Crippen molar-refractivity contribution in [2.24, 2.45) is 0 Å². The number of thioether (sulfide) groups is 1. The fourth-order valence-corrected chi connectivity index (χ4v) is 3.09. The molecule has 0 unspecified atom stereocenters. The highest BCUT2D eigenvalue weighted by Crippen LogP contribution is 2.28. The fraction of sp³-hybridized carbons (Fsp3) is 0.400. The third-order valence-electron chi connectivity index (χ3n) is 2.95. The van der Waals surface area contributed by atoms with Crippen LogP contribution in [-0.2, 0) is 11.3 Å². The molecule has 19 heavy (non-hydrogen) atoms. The lowest BCUT2D eigenvalue weighted by Gasteiger charge is -2.19. The average molecular weight is 277 g/mol. The molecule has 1 aromatic carbocycles. The van der Waals surface area contributed by atoms with Crippen LogP contribution >= 0.6 is 11.8 Å². The van der Waals surface area contributed by atoms with E-state index in [-0.39, 0.29) is 6.09 Å². The van der Waals surface area contributed by atoms with E-state index in [9.17, 15) is 4.79 Å². The van der Waals surface area contributed by atoms with E-state index in [1.54, 1.807) is 16.7 Å². The number of allylic oxidation sites excluding steroid dienone is 1. The van der Waals surface area contributed by atoms with E-state index in [1.165, 1.54) is 16.0 Å². The first kappa shape index (κ1) is 14.0. The van der Waals surface area contributed by atoms with E-state index >= 15 is 0 Å². The summed E-state index contributed by atoms with van der Waals surface area (Å²) in [7, 11) is 0. The van der Waals surface area contributed by atoms with Gasteiger partial charge in [-0.2, -0.15) is 0 Å². The molecule has 0 saturated carbocycles. The number of ether oxygens (including phenoxy) is 1. The fourth-order valence-electron chi connectivity index (χ4n) is 2.08. The quantitative estimate of drug-likeness (QED) is 0.824. The van der Waals surface area contributed by atoms with Crippen LogP contribution in [0.25, 0.3) is 6.08 Å². The number of fused-ring (bicyclic) bond motifs is 1. The van der Waals surface area contributed by atoms with E-state index in [0.29, 0.717) is 13.2 Å². The number of nitrogens with zero attached hydrogens (tertiary/aromatic N) is 1. The van der Waals surface area contributed by atoms with Crippen LogP contribution in [-0.4, -0.2) is 29.9 Å². The van der Waals surface area contributed by atoms with Crippen molar-refractivity contribution in [2.45, 2.75) is 25.3 Å². The van der Waals surface area contributed by atoms with Crippen molar-refractivity contribution < 1.29 is 9.53 Å². The largest absolute Gasteiger partial charge is 0.450 e. The first-order valence-electron chi connectivity index (χ1n) is 6.54. The van der Waals surface area contributed by atoms with Gasteiger partial charge < -0.3 is 9.64 Å². The van der Waals surface area contributed by atoms with Crippen LogP contribution in [0.3, 0.4) is 0 Å². The second-order valence-electron chi connectivity index (χ2n) is 4.34. The first-order chi connectivity index (χ1) is 9.24. The summed E-state index contributed by atoms with van der Waals surface area (Å²) in [5.74, 6) is 0.911. The summed E-state index contributed by atoms with van der Waals surface area (Å²) in [6.45, 7) is 5.63. The van der Waals surface area contributed by atoms with E-state index in [2.05, 4.69) is 24.3 Å². The molecule has 0 radical (unpaired) electrons. The molecule has 1 amide bonds. The van der Waals surface area contributed by atoms with Gasteiger partial charge in [0.05, 0.1) is 13.2 Å². The molecule has 0 atom stereocenters. The summed E-state index contributed by atoms with van der Waals surface area (Å²) >= 11 is 1.80. The van der Waals surface area contributed by atoms with E-state index in [1.807, 2.05) is 19.9 Å². The minimum absolute atomic E-state index is 0.215. The molecule has 0 fully saturated rings. The van der Waals surface area contributed by atoms with E-state index in [4.69, 9.17) is 4.74 Å². The van der Waals surface area contributed by atoms with Gasteiger partial charge in [-0.05, 0) is 37.1 Å². The summed E-state index contributed by atoms with van der Waals surface area (Å²) in [6, 6.07) is 6.41. The van der Waals surface area contributed by atoms with Crippen molar-refractivity contribution in [3.8, 4) is 0 Å². The highest BCUT2D eigenvalue weighted by molar-refractivity contribution is 7.99. The predicted molar refractivity (Wildman–Crippen MR) is 79.3 cm³/mol. The molecule has 0 aromatic heterocycles. The standard InChI is InChI=1S/C15H19NO2S/c1-3-5-12-6-7-14-13(10-12)11-16(8-9-19-14)15(17)18-4-2/h3,5-7,10H,4,8-9,11H2,1-2H3/b5-3+. The summed E-state index contributed by atoms with van der Waals surface area (Å²) in [6.07, 6.45) is 3.88. The highest BCUT2D eigenvalue weighted by atomic mass is 32.2. The zero-order valence-corrected chi connectivity index (χ0v) is 12.2. The Kier molecular flexibility index (Phi) is 4.91. The topological polar surface area (TPSA) is 29.5 Å². The SMILES string of the molecule is C/C=C/c1ccc2c(c1)CN(C(=O)OCC)CCS2. The van der Waals surface area contributed by atoms with Crippen molar-refractivity contribution >= 4 is 23.9 Å². The van der Waals surface area contributed by atoms with Crippen LogP contribution in [0.5, 0.6) is 0 Å². The Labute approximate surface area is 118 Å². The molecule has 1 heterocycles. The van der Waals surface area contributed by atoms with Crippen LogP contribution in [0.4, 0.5) is 4.79 Å². The maximum Gasteiger partial charge on any atom is 0.410 e. The first-order valence-corrected chi connectivity index (χ1v) is 7.53. The monoisotopic (exact) mass is 277 g/mol. The maximum absolute atomic E-state index is 11.9. The number of rotatable bonds is 2. The van der Waals surface area contributed by atoms with E-state index < -0.39 is 0 Å². The molecular formula is C15H19NO2S. The zero-order chi connectivity index (χ0) is 13.7. The Morgan fingerprint density at radius 3 is 3.11 bits per heavy atom. The van der Waals surface area contributed by atoms with Gasteiger partial charge in [-0.1, -0.05) is 18.2 Å². The number of carbonyl (C=O) groups excluding carboxylic acids is 1. The Morgan fingerprint density at radius 1 is 1.53 bits per heavy atom. The molecule has 0 saturated heterocycles. The Balaban J connectivity index is 2.21. The van der Waals surface area contributed by atoms with Gasteiger partial charge in [0, 0.05) is 17.2 Å². The highest BCUT2D eigenvalue weighted by Gasteiger charge is 2.20. The number of hydrogen-bond acceptors (Lipinski definition) is 3. The second kappa shape index (κ2) is 6.66. The van der Waals surface area contributed by atoms with Crippen molar-refractivity contribution in [3.63, 3.8) is 0 Å². The Hall–Kier alpha value is -1.42. The number of amides is 1. The van der Waals surface area contributed by atoms with Crippen LogP contribution in [0.15, 0.2) is 29.2 Å². The molecule has 2 rings (SSSR count). The second-order valence-corrected chi connectivity index (χ2v) is 5.47. The van der Waals surface area contributed by atoms with Crippen LogP contribution in [0.1, 0.15) is 25.0 Å². The van der Waals surface area contributed by atoms with Gasteiger partial charge in [0.25, 0.3) is 0 Å². The zero-order valence-electron chi connectivity index (χ0n) is 11.4. The molecule has 0 spiro atoms. The van der Waals surface area contributed by atoms with Crippen molar-refractivity contribution in [1.29, 1.82) is 0 Å². The van der Waals surface area contributed by atoms with Gasteiger partial charge in [-0.15, -0.1) is 11.8 Å². The van der Waals surface area contributed by atoms with Crippen molar-refractivity contribution in [2.75, 3.05) is 18.9 Å². The van der Waals surface area contributed by atoms with E-state index in [0.717, 1.165) is 12.3 Å². The van der Waals surface area contributed by atoms with Gasteiger partial charge in [0.2, 0.25) is 0 Å². The lowest BCUT2D eigenvalue weighted by atomic mass is 10.1. The van der Waals surface area contributed by atoms with Crippen LogP contribution < -0.4 is 0 Å². The molecule has 3 nitrogen and oxygen atoms in total. The number of hydrogen-bond donors (Lipinski definition) is 0. The maximum atomic E-state index is 11.9. The lowest BCUT2D eigenvalue weighted by Crippen LogP contribution is -2.32. The molecule has 1 aromatic rings.